The summed E-state index contributed by atoms with van der Waals surface area (Å²) in [4.78, 5) is 11.1. The van der Waals surface area contributed by atoms with Gasteiger partial charge in [-0.05, 0) is 25.0 Å². The highest BCUT2D eigenvalue weighted by atomic mass is 35.5. The molecule has 2 N–H and O–H groups in total. The molecule has 0 saturated heterocycles. The van der Waals surface area contributed by atoms with Gasteiger partial charge in [0.1, 0.15) is 5.56 Å². The minimum absolute atomic E-state index is 0.121. The van der Waals surface area contributed by atoms with E-state index >= 15 is 0 Å². The van der Waals surface area contributed by atoms with Crippen LogP contribution in [0.2, 0.25) is 5.02 Å². The Kier molecular flexibility index (Phi) is 7.30. The van der Waals surface area contributed by atoms with Gasteiger partial charge in [-0.1, -0.05) is 31.0 Å². The molecule has 0 aliphatic heterocycles. The first-order chi connectivity index (χ1) is 9.16. The van der Waals surface area contributed by atoms with Crippen LogP contribution in [0.5, 0.6) is 0 Å². The van der Waals surface area contributed by atoms with Crippen molar-refractivity contribution in [2.24, 2.45) is 0 Å². The summed E-state index contributed by atoms with van der Waals surface area (Å²) in [5.74, 6) is -1.02. The van der Waals surface area contributed by atoms with Gasteiger partial charge in [0.2, 0.25) is 0 Å². The van der Waals surface area contributed by atoms with Gasteiger partial charge in [0.15, 0.2) is 0 Å². The van der Waals surface area contributed by atoms with E-state index < -0.39 is 5.97 Å². The molecule has 0 aliphatic carbocycles. The molecule has 0 atom stereocenters. The number of benzene rings is 1. The highest BCUT2D eigenvalue weighted by molar-refractivity contribution is 6.34. The van der Waals surface area contributed by atoms with Crippen LogP contribution >= 0.6 is 11.6 Å². The van der Waals surface area contributed by atoms with Crippen LogP contribution in [0, 0.1) is 0 Å². The molecule has 0 amide bonds. The van der Waals surface area contributed by atoms with E-state index in [-0.39, 0.29) is 10.6 Å². The van der Waals surface area contributed by atoms with Crippen molar-refractivity contribution >= 4 is 23.3 Å². The number of hydrogen-bond donors (Lipinski definition) is 2. The Balaban J connectivity index is 2.37. The summed E-state index contributed by atoms with van der Waals surface area (Å²) in [6.07, 6.45) is 3.03. The number of rotatable bonds is 9. The summed E-state index contributed by atoms with van der Waals surface area (Å²) in [5, 5.41) is 12.4. The van der Waals surface area contributed by atoms with Gasteiger partial charge < -0.3 is 15.2 Å². The zero-order valence-corrected chi connectivity index (χ0v) is 11.9. The molecule has 106 valence electrons. The number of hydrogen-bond acceptors (Lipinski definition) is 3. The summed E-state index contributed by atoms with van der Waals surface area (Å²) in [6, 6.07) is 5.02. The monoisotopic (exact) mass is 285 g/mol. The summed E-state index contributed by atoms with van der Waals surface area (Å²) >= 11 is 5.88. The number of nitrogens with one attached hydrogen (secondary N) is 1. The lowest BCUT2D eigenvalue weighted by Gasteiger charge is -2.10. The van der Waals surface area contributed by atoms with Crippen LogP contribution < -0.4 is 5.32 Å². The maximum absolute atomic E-state index is 11.1. The quantitative estimate of drug-likeness (QED) is 0.680. The maximum atomic E-state index is 11.1. The Labute approximate surface area is 118 Å². The molecule has 1 aromatic rings. The third-order valence-electron chi connectivity index (χ3n) is 2.65. The normalized spacial score (nSPS) is 10.4. The van der Waals surface area contributed by atoms with E-state index in [2.05, 4.69) is 12.2 Å². The van der Waals surface area contributed by atoms with Gasteiger partial charge in [0, 0.05) is 19.8 Å². The van der Waals surface area contributed by atoms with E-state index in [0.717, 1.165) is 25.9 Å². The molecule has 0 aromatic heterocycles. The van der Waals surface area contributed by atoms with Gasteiger partial charge >= 0.3 is 5.97 Å². The number of carbonyl (C=O) groups is 1. The molecule has 0 radical (unpaired) electrons. The summed E-state index contributed by atoms with van der Waals surface area (Å²) in [5.41, 5.74) is 0.671. The number of aromatic carboxylic acids is 1. The fourth-order valence-corrected chi connectivity index (χ4v) is 1.89. The Morgan fingerprint density at radius 1 is 1.37 bits per heavy atom. The molecule has 19 heavy (non-hydrogen) atoms. The molecular formula is C14H20ClNO3. The predicted molar refractivity (Wildman–Crippen MR) is 77.2 cm³/mol. The van der Waals surface area contributed by atoms with Crippen LogP contribution in [0.15, 0.2) is 18.2 Å². The lowest BCUT2D eigenvalue weighted by Crippen LogP contribution is -2.10. The fourth-order valence-electron chi connectivity index (χ4n) is 1.63. The van der Waals surface area contributed by atoms with Crippen LogP contribution in [0.1, 0.15) is 36.5 Å². The average molecular weight is 286 g/mol. The van der Waals surface area contributed by atoms with Crippen LogP contribution in [0.3, 0.4) is 0 Å². The minimum atomic E-state index is -1.02. The fraction of sp³-hybridized carbons (Fsp3) is 0.500. The molecule has 0 unspecified atom stereocenters. The van der Waals surface area contributed by atoms with E-state index in [9.17, 15) is 4.79 Å². The Hall–Kier alpha value is -1.26. The van der Waals surface area contributed by atoms with E-state index in [1.54, 1.807) is 18.2 Å². The highest BCUT2D eigenvalue weighted by Gasteiger charge is 2.13. The topological polar surface area (TPSA) is 58.6 Å². The minimum Gasteiger partial charge on any atom is -0.478 e. The lowest BCUT2D eigenvalue weighted by molar-refractivity contribution is 0.0698. The molecule has 0 saturated carbocycles. The van der Waals surface area contributed by atoms with Crippen LogP contribution in [0.4, 0.5) is 5.69 Å². The van der Waals surface area contributed by atoms with Crippen molar-refractivity contribution < 1.29 is 14.6 Å². The maximum Gasteiger partial charge on any atom is 0.339 e. The summed E-state index contributed by atoms with van der Waals surface area (Å²) in [6.45, 7) is 4.24. The van der Waals surface area contributed by atoms with Gasteiger partial charge in [-0.25, -0.2) is 4.79 Å². The van der Waals surface area contributed by atoms with Crippen molar-refractivity contribution in [2.45, 2.75) is 26.2 Å². The average Bonchev–Trinajstić information content (AvgIpc) is 2.37. The number of anilines is 1. The predicted octanol–water partition coefficient (Wildman–Crippen LogP) is 3.66. The Morgan fingerprint density at radius 3 is 2.79 bits per heavy atom. The van der Waals surface area contributed by atoms with Crippen molar-refractivity contribution in [2.75, 3.05) is 25.1 Å². The van der Waals surface area contributed by atoms with Crippen LogP contribution in [-0.2, 0) is 4.74 Å². The van der Waals surface area contributed by atoms with Crippen molar-refractivity contribution in [3.8, 4) is 0 Å². The number of carboxylic acids is 1. The first-order valence-corrected chi connectivity index (χ1v) is 6.88. The van der Waals surface area contributed by atoms with E-state index in [4.69, 9.17) is 21.4 Å². The molecule has 5 heteroatoms. The van der Waals surface area contributed by atoms with Gasteiger partial charge in [-0.15, -0.1) is 0 Å². The second-order valence-electron chi connectivity index (χ2n) is 4.21. The number of carboxylic acid groups (broad SMARTS) is 1. The summed E-state index contributed by atoms with van der Waals surface area (Å²) < 4.78 is 5.43. The van der Waals surface area contributed by atoms with E-state index in [1.165, 1.54) is 0 Å². The highest BCUT2D eigenvalue weighted by Crippen LogP contribution is 2.24. The van der Waals surface area contributed by atoms with Crippen molar-refractivity contribution in [1.82, 2.24) is 0 Å². The molecule has 1 aromatic carbocycles. The van der Waals surface area contributed by atoms with Crippen molar-refractivity contribution in [3.05, 3.63) is 28.8 Å². The van der Waals surface area contributed by atoms with Crippen molar-refractivity contribution in [1.29, 1.82) is 0 Å². The van der Waals surface area contributed by atoms with Gasteiger partial charge in [0.25, 0.3) is 0 Å². The first-order valence-electron chi connectivity index (χ1n) is 6.50. The second-order valence-corrected chi connectivity index (χ2v) is 4.62. The number of ether oxygens (including phenoxy) is 1. The standard InChI is InChI=1S/C14H20ClNO3/c1-2-3-9-19-10-5-8-16-12-7-4-6-11(15)13(12)14(17)18/h4,6-7,16H,2-3,5,8-10H2,1H3,(H,17,18). The molecule has 0 spiro atoms. The lowest BCUT2D eigenvalue weighted by atomic mass is 10.1. The van der Waals surface area contributed by atoms with Gasteiger partial charge in [-0.3, -0.25) is 0 Å². The van der Waals surface area contributed by atoms with E-state index in [0.29, 0.717) is 18.8 Å². The molecule has 4 nitrogen and oxygen atoms in total. The van der Waals surface area contributed by atoms with Gasteiger partial charge in [0.05, 0.1) is 10.7 Å². The first kappa shape index (κ1) is 15.8. The summed E-state index contributed by atoms with van der Waals surface area (Å²) in [7, 11) is 0. The van der Waals surface area contributed by atoms with Crippen LogP contribution in [-0.4, -0.2) is 30.8 Å². The SMILES string of the molecule is CCCCOCCCNc1cccc(Cl)c1C(=O)O. The molecule has 0 fully saturated rings. The Bertz CT molecular complexity index is 410. The van der Waals surface area contributed by atoms with E-state index in [1.807, 2.05) is 0 Å². The molecule has 0 heterocycles. The molecule has 0 aliphatic rings. The van der Waals surface area contributed by atoms with Crippen LogP contribution in [0.25, 0.3) is 0 Å². The zero-order chi connectivity index (χ0) is 14.1. The number of halogens is 1. The molecule has 1 rings (SSSR count). The van der Waals surface area contributed by atoms with Crippen molar-refractivity contribution in [3.63, 3.8) is 0 Å². The van der Waals surface area contributed by atoms with Gasteiger partial charge in [-0.2, -0.15) is 0 Å². The third kappa shape index (κ3) is 5.49. The Morgan fingerprint density at radius 2 is 2.11 bits per heavy atom. The second kappa shape index (κ2) is 8.77. The smallest absolute Gasteiger partial charge is 0.339 e. The zero-order valence-electron chi connectivity index (χ0n) is 11.1. The molecule has 0 bridgehead atoms. The largest absolute Gasteiger partial charge is 0.478 e. The molecular weight excluding hydrogens is 266 g/mol. The number of unbranched alkanes of at least 4 members (excludes halogenated alkanes) is 1. The third-order valence-corrected chi connectivity index (χ3v) is 2.97.